The van der Waals surface area contributed by atoms with Crippen molar-refractivity contribution in [1.29, 1.82) is 0 Å². The van der Waals surface area contributed by atoms with Gasteiger partial charge in [-0.2, -0.15) is 0 Å². The number of fused-ring (bicyclic) bond motifs is 1. The molecule has 2 aromatic rings. The van der Waals surface area contributed by atoms with Crippen LogP contribution in [-0.2, 0) is 18.8 Å². The molecule has 1 aliphatic rings. The molecule has 0 atom stereocenters. The Labute approximate surface area is 121 Å². The molecule has 3 rings (SSSR count). The lowest BCUT2D eigenvalue weighted by molar-refractivity contribution is 0.0736. The van der Waals surface area contributed by atoms with E-state index in [-0.39, 0.29) is 5.91 Å². The first-order valence-corrected chi connectivity index (χ1v) is 7.69. The van der Waals surface area contributed by atoms with E-state index in [1.165, 1.54) is 10.4 Å². The summed E-state index contributed by atoms with van der Waals surface area (Å²) in [7, 11) is 0. The Balaban J connectivity index is 1.77. The van der Waals surface area contributed by atoms with Crippen LogP contribution < -0.4 is 0 Å². The summed E-state index contributed by atoms with van der Waals surface area (Å²) in [6, 6.07) is 9.68. The number of benzene rings is 1. The van der Waals surface area contributed by atoms with Gasteiger partial charge in [-0.05, 0) is 41.1 Å². The number of amides is 1. The Morgan fingerprint density at radius 3 is 2.79 bits per heavy atom. The molecule has 2 heterocycles. The molecule has 0 bridgehead atoms. The van der Waals surface area contributed by atoms with Crippen LogP contribution >= 0.6 is 22.9 Å². The van der Waals surface area contributed by atoms with E-state index in [9.17, 15) is 4.79 Å². The summed E-state index contributed by atoms with van der Waals surface area (Å²) in [5.41, 5.74) is 3.08. The van der Waals surface area contributed by atoms with Gasteiger partial charge in [0.15, 0.2) is 0 Å². The van der Waals surface area contributed by atoms with Crippen molar-refractivity contribution >= 4 is 28.8 Å². The summed E-state index contributed by atoms with van der Waals surface area (Å²) in [4.78, 5) is 15.8. The molecule has 1 aromatic carbocycles. The van der Waals surface area contributed by atoms with E-state index in [0.717, 1.165) is 30.6 Å². The fourth-order valence-corrected chi connectivity index (χ4v) is 3.41. The summed E-state index contributed by atoms with van der Waals surface area (Å²) in [5, 5.41) is 2.11. The molecule has 1 aromatic heterocycles. The van der Waals surface area contributed by atoms with Crippen LogP contribution in [0.25, 0.3) is 0 Å². The number of hydrogen-bond donors (Lipinski definition) is 0. The first-order valence-electron chi connectivity index (χ1n) is 6.27. The molecule has 19 heavy (non-hydrogen) atoms. The number of carbonyl (C=O) groups excluding carboxylic acids is 1. The standard InChI is InChI=1S/C15H14ClNOS/c16-9-11-1-3-12(4-2-11)15(18)17-7-5-14-13(10-17)6-8-19-14/h1-4,6,8H,5,7,9-10H2. The van der Waals surface area contributed by atoms with E-state index >= 15 is 0 Å². The molecule has 1 amide bonds. The molecule has 98 valence electrons. The van der Waals surface area contributed by atoms with Gasteiger partial charge in [-0.25, -0.2) is 0 Å². The molecular formula is C15H14ClNOS. The number of halogens is 1. The van der Waals surface area contributed by atoms with Gasteiger partial charge in [0.1, 0.15) is 0 Å². The molecule has 2 nitrogen and oxygen atoms in total. The second kappa shape index (κ2) is 5.35. The number of thiophene rings is 1. The predicted octanol–water partition coefficient (Wildman–Crippen LogP) is 3.69. The first-order chi connectivity index (χ1) is 9.28. The average molecular weight is 292 g/mol. The van der Waals surface area contributed by atoms with Gasteiger partial charge in [0.05, 0.1) is 0 Å². The fourth-order valence-electron chi connectivity index (χ4n) is 2.34. The van der Waals surface area contributed by atoms with Crippen molar-refractivity contribution in [2.75, 3.05) is 6.54 Å². The monoisotopic (exact) mass is 291 g/mol. The van der Waals surface area contributed by atoms with Crippen LogP contribution in [0.5, 0.6) is 0 Å². The summed E-state index contributed by atoms with van der Waals surface area (Å²) in [6.45, 7) is 1.54. The van der Waals surface area contributed by atoms with Crippen molar-refractivity contribution in [2.45, 2.75) is 18.8 Å². The van der Waals surface area contributed by atoms with Crippen LogP contribution in [0.1, 0.15) is 26.4 Å². The highest BCUT2D eigenvalue weighted by Crippen LogP contribution is 2.25. The maximum atomic E-state index is 12.4. The minimum absolute atomic E-state index is 0.109. The Hall–Kier alpha value is -1.32. The normalized spacial score (nSPS) is 14.3. The second-order valence-corrected chi connectivity index (χ2v) is 5.94. The third kappa shape index (κ3) is 2.53. The van der Waals surface area contributed by atoms with Crippen molar-refractivity contribution in [2.24, 2.45) is 0 Å². The minimum atomic E-state index is 0.109. The highest BCUT2D eigenvalue weighted by molar-refractivity contribution is 7.10. The zero-order valence-corrected chi connectivity index (χ0v) is 12.0. The third-order valence-corrected chi connectivity index (χ3v) is 4.78. The molecular weight excluding hydrogens is 278 g/mol. The quantitative estimate of drug-likeness (QED) is 0.773. The highest BCUT2D eigenvalue weighted by Gasteiger charge is 2.22. The average Bonchev–Trinajstić information content (AvgIpc) is 2.94. The molecule has 0 radical (unpaired) electrons. The van der Waals surface area contributed by atoms with Crippen molar-refractivity contribution < 1.29 is 4.79 Å². The maximum Gasteiger partial charge on any atom is 0.254 e. The topological polar surface area (TPSA) is 20.3 Å². The Morgan fingerprint density at radius 1 is 1.26 bits per heavy atom. The number of nitrogens with zero attached hydrogens (tertiary/aromatic N) is 1. The number of hydrogen-bond acceptors (Lipinski definition) is 2. The molecule has 0 spiro atoms. The number of alkyl halides is 1. The molecule has 0 saturated carbocycles. The lowest BCUT2D eigenvalue weighted by Crippen LogP contribution is -2.35. The fraction of sp³-hybridized carbons (Fsp3) is 0.267. The van der Waals surface area contributed by atoms with Crippen molar-refractivity contribution in [3.8, 4) is 0 Å². The van der Waals surface area contributed by atoms with Gasteiger partial charge in [-0.15, -0.1) is 22.9 Å². The van der Waals surface area contributed by atoms with E-state index in [0.29, 0.717) is 5.88 Å². The van der Waals surface area contributed by atoms with Gasteiger partial charge < -0.3 is 4.90 Å². The highest BCUT2D eigenvalue weighted by atomic mass is 35.5. The lowest BCUT2D eigenvalue weighted by Gasteiger charge is -2.27. The molecule has 0 fully saturated rings. The zero-order valence-electron chi connectivity index (χ0n) is 10.4. The molecule has 0 N–H and O–H groups in total. The van der Waals surface area contributed by atoms with Crippen LogP contribution in [0.4, 0.5) is 0 Å². The van der Waals surface area contributed by atoms with E-state index < -0.39 is 0 Å². The van der Waals surface area contributed by atoms with Crippen LogP contribution in [-0.4, -0.2) is 17.4 Å². The first kappa shape index (κ1) is 12.7. The predicted molar refractivity (Wildman–Crippen MR) is 78.8 cm³/mol. The largest absolute Gasteiger partial charge is 0.334 e. The Kier molecular flexibility index (Phi) is 3.58. The number of rotatable bonds is 2. The van der Waals surface area contributed by atoms with E-state index in [1.54, 1.807) is 11.3 Å². The molecule has 0 saturated heterocycles. The van der Waals surface area contributed by atoms with Gasteiger partial charge in [0.25, 0.3) is 5.91 Å². The molecule has 0 unspecified atom stereocenters. The van der Waals surface area contributed by atoms with E-state index in [2.05, 4.69) is 11.4 Å². The summed E-state index contributed by atoms with van der Waals surface area (Å²) < 4.78 is 0. The molecule has 1 aliphatic heterocycles. The minimum Gasteiger partial charge on any atom is -0.334 e. The maximum absolute atomic E-state index is 12.4. The van der Waals surface area contributed by atoms with Gasteiger partial charge in [-0.3, -0.25) is 4.79 Å². The zero-order chi connectivity index (χ0) is 13.2. The van der Waals surface area contributed by atoms with Crippen molar-refractivity contribution in [3.63, 3.8) is 0 Å². The van der Waals surface area contributed by atoms with Gasteiger partial charge in [0, 0.05) is 29.4 Å². The van der Waals surface area contributed by atoms with E-state index in [1.807, 2.05) is 29.2 Å². The smallest absolute Gasteiger partial charge is 0.254 e. The summed E-state index contributed by atoms with van der Waals surface area (Å²) in [5.74, 6) is 0.592. The van der Waals surface area contributed by atoms with Crippen LogP contribution in [0.3, 0.4) is 0 Å². The van der Waals surface area contributed by atoms with Crippen molar-refractivity contribution in [3.05, 3.63) is 57.3 Å². The molecule has 0 aliphatic carbocycles. The third-order valence-electron chi connectivity index (χ3n) is 3.45. The Bertz CT molecular complexity index is 590. The van der Waals surface area contributed by atoms with Crippen molar-refractivity contribution in [1.82, 2.24) is 4.90 Å². The van der Waals surface area contributed by atoms with Gasteiger partial charge >= 0.3 is 0 Å². The summed E-state index contributed by atoms with van der Waals surface area (Å²) >= 11 is 7.54. The van der Waals surface area contributed by atoms with Crippen LogP contribution in [0, 0.1) is 0 Å². The SMILES string of the molecule is O=C(c1ccc(CCl)cc1)N1CCc2sccc2C1. The second-order valence-electron chi connectivity index (χ2n) is 4.68. The van der Waals surface area contributed by atoms with E-state index in [4.69, 9.17) is 11.6 Å². The van der Waals surface area contributed by atoms with Crippen LogP contribution in [0.2, 0.25) is 0 Å². The van der Waals surface area contributed by atoms with Gasteiger partial charge in [0.2, 0.25) is 0 Å². The van der Waals surface area contributed by atoms with Gasteiger partial charge in [-0.1, -0.05) is 12.1 Å². The number of carbonyl (C=O) groups is 1. The Morgan fingerprint density at radius 2 is 2.05 bits per heavy atom. The lowest BCUT2D eigenvalue weighted by atomic mass is 10.1. The van der Waals surface area contributed by atoms with Crippen LogP contribution in [0.15, 0.2) is 35.7 Å². The summed E-state index contributed by atoms with van der Waals surface area (Å²) in [6.07, 6.45) is 0.971. The molecule has 4 heteroatoms.